The van der Waals surface area contributed by atoms with Gasteiger partial charge in [0.05, 0.1) is 12.7 Å². The summed E-state index contributed by atoms with van der Waals surface area (Å²) in [5.41, 5.74) is 0.508. The lowest BCUT2D eigenvalue weighted by Gasteiger charge is -2.36. The minimum atomic E-state index is -0.619. The number of nitrogens with zero attached hydrogens (tertiary/aromatic N) is 1. The Bertz CT molecular complexity index is 608. The normalized spacial score (nSPS) is 19.0. The van der Waals surface area contributed by atoms with Crippen LogP contribution in [0.1, 0.15) is 71.8 Å². The Morgan fingerprint density at radius 3 is 2.59 bits per heavy atom. The zero-order chi connectivity index (χ0) is 19.9. The molecule has 0 saturated carbocycles. The van der Waals surface area contributed by atoms with Gasteiger partial charge in [-0.1, -0.05) is 43.7 Å². The lowest BCUT2D eigenvalue weighted by Crippen LogP contribution is -2.50. The first kappa shape index (κ1) is 21.4. The molecule has 1 saturated heterocycles. The molecule has 2 rings (SSSR count). The Balaban J connectivity index is 2.03. The van der Waals surface area contributed by atoms with Crippen LogP contribution in [0.4, 0.5) is 4.79 Å². The maximum absolute atomic E-state index is 12.6. The molecule has 5 nitrogen and oxygen atoms in total. The highest BCUT2D eigenvalue weighted by atomic mass is 16.6. The van der Waals surface area contributed by atoms with Crippen molar-refractivity contribution in [2.45, 2.75) is 90.6 Å². The molecule has 1 aliphatic rings. The third-order valence-electron chi connectivity index (χ3n) is 4.63. The summed E-state index contributed by atoms with van der Waals surface area (Å²) in [5, 5.41) is 0. The number of hydrogen-bond donors (Lipinski definition) is 0. The number of amides is 2. The number of carbonyl (C=O) groups is 2. The highest BCUT2D eigenvalue weighted by Crippen LogP contribution is 2.26. The molecule has 1 aromatic carbocycles. The summed E-state index contributed by atoms with van der Waals surface area (Å²) in [6.07, 6.45) is 4.04. The van der Waals surface area contributed by atoms with Gasteiger partial charge in [-0.2, -0.15) is 0 Å². The van der Waals surface area contributed by atoms with Crippen LogP contribution < -0.4 is 0 Å². The molecule has 1 aliphatic heterocycles. The molecule has 2 amide bonds. The second-order valence-electron chi connectivity index (χ2n) is 8.23. The summed E-state index contributed by atoms with van der Waals surface area (Å²) in [4.78, 5) is 26.4. The van der Waals surface area contributed by atoms with Crippen molar-refractivity contribution in [1.82, 2.24) is 4.90 Å². The number of carbonyl (C=O) groups excluding carboxylic acids is 2. The zero-order valence-corrected chi connectivity index (χ0v) is 17.1. The topological polar surface area (TPSA) is 55.8 Å². The highest BCUT2D eigenvalue weighted by Gasteiger charge is 2.37. The number of piperidine rings is 1. The second-order valence-corrected chi connectivity index (χ2v) is 8.23. The van der Waals surface area contributed by atoms with Crippen LogP contribution in [0.25, 0.3) is 0 Å². The summed E-state index contributed by atoms with van der Waals surface area (Å²) in [5.74, 6) is -0.140. The standard InChI is InChI=1S/C22H33NO4/c1-5-10-19(26-16-17-11-7-6-8-12-17)15-18-13-9-14-20(24)23(18)21(25)27-22(2,3)4/h6-8,11-12,18-19H,5,9-10,13-16H2,1-4H3/t18-,19+/m0/s1. The van der Waals surface area contributed by atoms with Crippen molar-refractivity contribution in [3.63, 3.8) is 0 Å². The summed E-state index contributed by atoms with van der Waals surface area (Å²) < 4.78 is 11.6. The van der Waals surface area contributed by atoms with Gasteiger partial charge in [0.25, 0.3) is 0 Å². The fourth-order valence-electron chi connectivity index (χ4n) is 3.41. The molecule has 1 heterocycles. The zero-order valence-electron chi connectivity index (χ0n) is 17.1. The van der Waals surface area contributed by atoms with Crippen LogP contribution in [0.3, 0.4) is 0 Å². The SMILES string of the molecule is CCC[C@H](C[C@@H]1CCCC(=O)N1C(=O)OC(C)(C)C)OCc1ccccc1. The number of likely N-dealkylation sites (tertiary alicyclic amines) is 1. The predicted octanol–water partition coefficient (Wildman–Crippen LogP) is 5.08. The molecule has 5 heteroatoms. The van der Waals surface area contributed by atoms with E-state index in [1.54, 1.807) is 0 Å². The quantitative estimate of drug-likeness (QED) is 0.667. The molecule has 1 fully saturated rings. The van der Waals surface area contributed by atoms with Crippen molar-refractivity contribution in [2.24, 2.45) is 0 Å². The Hall–Kier alpha value is -1.88. The Kier molecular flexibility index (Phi) is 7.84. The van der Waals surface area contributed by atoms with E-state index >= 15 is 0 Å². The summed E-state index contributed by atoms with van der Waals surface area (Å²) >= 11 is 0. The van der Waals surface area contributed by atoms with E-state index < -0.39 is 11.7 Å². The number of rotatable bonds is 7. The van der Waals surface area contributed by atoms with E-state index in [4.69, 9.17) is 9.47 Å². The van der Waals surface area contributed by atoms with Gasteiger partial charge in [0.15, 0.2) is 0 Å². The number of benzene rings is 1. The van der Waals surface area contributed by atoms with E-state index in [2.05, 4.69) is 6.92 Å². The molecule has 0 spiro atoms. The molecule has 0 aromatic heterocycles. The van der Waals surface area contributed by atoms with Gasteiger partial charge >= 0.3 is 6.09 Å². The third-order valence-corrected chi connectivity index (χ3v) is 4.63. The van der Waals surface area contributed by atoms with Crippen LogP contribution in [0.2, 0.25) is 0 Å². The first-order chi connectivity index (χ1) is 12.8. The number of imide groups is 1. The van der Waals surface area contributed by atoms with Crippen LogP contribution in [-0.4, -0.2) is 34.6 Å². The fourth-order valence-corrected chi connectivity index (χ4v) is 3.41. The van der Waals surface area contributed by atoms with Crippen molar-refractivity contribution in [3.8, 4) is 0 Å². The van der Waals surface area contributed by atoms with E-state index in [1.165, 1.54) is 4.90 Å². The van der Waals surface area contributed by atoms with Gasteiger partial charge in [0, 0.05) is 12.5 Å². The van der Waals surface area contributed by atoms with E-state index in [9.17, 15) is 9.59 Å². The van der Waals surface area contributed by atoms with Crippen LogP contribution >= 0.6 is 0 Å². The molecule has 0 radical (unpaired) electrons. The average molecular weight is 376 g/mol. The first-order valence-electron chi connectivity index (χ1n) is 10.0. The van der Waals surface area contributed by atoms with Gasteiger partial charge in [-0.15, -0.1) is 0 Å². The minimum Gasteiger partial charge on any atom is -0.443 e. The van der Waals surface area contributed by atoms with E-state index in [0.29, 0.717) is 19.4 Å². The lowest BCUT2D eigenvalue weighted by atomic mass is 9.95. The molecule has 0 bridgehead atoms. The van der Waals surface area contributed by atoms with Crippen molar-refractivity contribution >= 4 is 12.0 Å². The van der Waals surface area contributed by atoms with Crippen LogP contribution in [0.15, 0.2) is 30.3 Å². The van der Waals surface area contributed by atoms with Gasteiger partial charge in [0.1, 0.15) is 5.60 Å². The Labute approximate surface area is 163 Å². The largest absolute Gasteiger partial charge is 0.443 e. The van der Waals surface area contributed by atoms with Gasteiger partial charge in [-0.05, 0) is 52.0 Å². The summed E-state index contributed by atoms with van der Waals surface area (Å²) in [6, 6.07) is 9.91. The molecule has 150 valence electrons. The third kappa shape index (κ3) is 6.98. The number of hydrogen-bond acceptors (Lipinski definition) is 4. The van der Waals surface area contributed by atoms with Crippen LogP contribution in [-0.2, 0) is 20.9 Å². The molecule has 1 aromatic rings. The molecular weight excluding hydrogens is 342 g/mol. The lowest BCUT2D eigenvalue weighted by molar-refractivity contribution is -0.136. The highest BCUT2D eigenvalue weighted by molar-refractivity contribution is 5.93. The fraction of sp³-hybridized carbons (Fsp3) is 0.636. The van der Waals surface area contributed by atoms with Crippen molar-refractivity contribution in [3.05, 3.63) is 35.9 Å². The molecule has 0 aliphatic carbocycles. The van der Waals surface area contributed by atoms with Gasteiger partial charge in [0.2, 0.25) is 5.91 Å². The molecule has 2 atom stereocenters. The Morgan fingerprint density at radius 2 is 1.96 bits per heavy atom. The van der Waals surface area contributed by atoms with Gasteiger partial charge in [-0.25, -0.2) is 9.69 Å². The van der Waals surface area contributed by atoms with Crippen molar-refractivity contribution < 1.29 is 19.1 Å². The van der Waals surface area contributed by atoms with Crippen molar-refractivity contribution in [1.29, 1.82) is 0 Å². The number of ether oxygens (including phenoxy) is 2. The second kappa shape index (κ2) is 9.88. The first-order valence-corrected chi connectivity index (χ1v) is 10.0. The summed E-state index contributed by atoms with van der Waals surface area (Å²) in [7, 11) is 0. The molecule has 27 heavy (non-hydrogen) atoms. The minimum absolute atomic E-state index is 0.0102. The molecular formula is C22H33NO4. The Morgan fingerprint density at radius 1 is 1.26 bits per heavy atom. The van der Waals surface area contributed by atoms with Gasteiger partial charge < -0.3 is 9.47 Å². The molecule has 0 N–H and O–H groups in total. The smallest absolute Gasteiger partial charge is 0.417 e. The molecule has 0 unspecified atom stereocenters. The average Bonchev–Trinajstić information content (AvgIpc) is 2.59. The van der Waals surface area contributed by atoms with E-state index in [0.717, 1.165) is 31.2 Å². The maximum Gasteiger partial charge on any atom is 0.417 e. The van der Waals surface area contributed by atoms with Gasteiger partial charge in [-0.3, -0.25) is 4.79 Å². The van der Waals surface area contributed by atoms with E-state index in [-0.39, 0.29) is 18.1 Å². The van der Waals surface area contributed by atoms with Crippen LogP contribution in [0.5, 0.6) is 0 Å². The van der Waals surface area contributed by atoms with Crippen molar-refractivity contribution in [2.75, 3.05) is 0 Å². The predicted molar refractivity (Wildman–Crippen MR) is 105 cm³/mol. The van der Waals surface area contributed by atoms with E-state index in [1.807, 2.05) is 51.1 Å². The monoisotopic (exact) mass is 375 g/mol. The summed E-state index contributed by atoms with van der Waals surface area (Å²) in [6.45, 7) is 8.11. The van der Waals surface area contributed by atoms with Crippen LogP contribution in [0, 0.1) is 0 Å². The maximum atomic E-state index is 12.6.